The lowest BCUT2D eigenvalue weighted by atomic mass is 10.2. The van der Waals surface area contributed by atoms with Crippen LogP contribution < -0.4 is 5.73 Å². The van der Waals surface area contributed by atoms with Crippen molar-refractivity contribution in [2.45, 2.75) is 11.8 Å². The molecular formula is C10H13NO5S. The van der Waals surface area contributed by atoms with Crippen LogP contribution in [-0.2, 0) is 24.8 Å². The first-order valence-electron chi connectivity index (χ1n) is 4.80. The van der Waals surface area contributed by atoms with Gasteiger partial charge in [-0.15, -0.1) is 0 Å². The van der Waals surface area contributed by atoms with Gasteiger partial charge in [0.15, 0.2) is 0 Å². The number of nitrogens with two attached hydrogens (primary N) is 1. The fourth-order valence-electron chi connectivity index (χ4n) is 1.07. The molecule has 1 aromatic rings. The van der Waals surface area contributed by atoms with Crippen molar-refractivity contribution in [3.63, 3.8) is 0 Å². The zero-order chi connectivity index (χ0) is 12.9. The lowest BCUT2D eigenvalue weighted by Gasteiger charge is -2.08. The van der Waals surface area contributed by atoms with Gasteiger partial charge in [0.05, 0.1) is 6.61 Å². The molecule has 0 amide bonds. The maximum Gasteiger partial charge on any atom is 0.322 e. The van der Waals surface area contributed by atoms with E-state index in [9.17, 15) is 13.2 Å². The Morgan fingerprint density at radius 1 is 1.35 bits per heavy atom. The van der Waals surface area contributed by atoms with Crippen LogP contribution in [0.5, 0.6) is 0 Å². The fraction of sp³-hybridized carbons (Fsp3) is 0.300. The standard InChI is InChI=1S/C10H13NO5S/c11-9(10(12)13)6-16-17(14,15)7-8-4-2-1-3-5-8/h1-5,9H,6-7,11H2,(H,12,13)/t9-/m0/s1. The number of carbonyl (C=O) groups is 1. The Morgan fingerprint density at radius 3 is 2.47 bits per heavy atom. The van der Waals surface area contributed by atoms with Gasteiger partial charge in [-0.2, -0.15) is 8.42 Å². The number of benzene rings is 1. The minimum absolute atomic E-state index is 0.305. The molecule has 0 unspecified atom stereocenters. The van der Waals surface area contributed by atoms with Crippen LogP contribution in [0.2, 0.25) is 0 Å². The van der Waals surface area contributed by atoms with Crippen molar-refractivity contribution in [2.75, 3.05) is 6.61 Å². The molecule has 7 heteroatoms. The minimum atomic E-state index is -3.81. The zero-order valence-electron chi connectivity index (χ0n) is 8.94. The molecule has 0 fully saturated rings. The third-order valence-electron chi connectivity index (χ3n) is 1.93. The number of hydrogen-bond donors (Lipinski definition) is 2. The van der Waals surface area contributed by atoms with Crippen LogP contribution in [0.15, 0.2) is 30.3 Å². The Balaban J connectivity index is 2.56. The summed E-state index contributed by atoms with van der Waals surface area (Å²) in [6.07, 6.45) is 0. The molecule has 0 saturated heterocycles. The van der Waals surface area contributed by atoms with Gasteiger partial charge in [0.2, 0.25) is 0 Å². The lowest BCUT2D eigenvalue weighted by Crippen LogP contribution is -2.35. The van der Waals surface area contributed by atoms with Crippen LogP contribution in [0.25, 0.3) is 0 Å². The molecule has 0 spiro atoms. The van der Waals surface area contributed by atoms with E-state index < -0.39 is 28.7 Å². The Bertz CT molecular complexity index is 471. The monoisotopic (exact) mass is 259 g/mol. The summed E-state index contributed by atoms with van der Waals surface area (Å²) in [7, 11) is -3.81. The molecule has 1 rings (SSSR count). The van der Waals surface area contributed by atoms with E-state index in [-0.39, 0.29) is 5.75 Å². The molecule has 1 aromatic carbocycles. The van der Waals surface area contributed by atoms with Gasteiger partial charge in [-0.25, -0.2) is 0 Å². The summed E-state index contributed by atoms with van der Waals surface area (Å²) in [5.41, 5.74) is 5.69. The molecule has 0 aliphatic heterocycles. The number of hydrogen-bond acceptors (Lipinski definition) is 5. The lowest BCUT2D eigenvalue weighted by molar-refractivity contribution is -0.139. The Kier molecular flexibility index (Phi) is 4.62. The van der Waals surface area contributed by atoms with Crippen LogP contribution in [0, 0.1) is 0 Å². The molecule has 17 heavy (non-hydrogen) atoms. The zero-order valence-corrected chi connectivity index (χ0v) is 9.76. The fourth-order valence-corrected chi connectivity index (χ4v) is 2.11. The first-order valence-corrected chi connectivity index (χ1v) is 6.38. The first-order chi connectivity index (χ1) is 7.91. The molecule has 0 aromatic heterocycles. The Labute approximate surface area is 99.1 Å². The largest absolute Gasteiger partial charge is 0.480 e. The average Bonchev–Trinajstić information content (AvgIpc) is 2.26. The van der Waals surface area contributed by atoms with Crippen LogP contribution in [0.3, 0.4) is 0 Å². The predicted molar refractivity (Wildman–Crippen MR) is 60.6 cm³/mol. The molecule has 3 N–H and O–H groups in total. The average molecular weight is 259 g/mol. The van der Waals surface area contributed by atoms with Gasteiger partial charge in [0.25, 0.3) is 10.1 Å². The van der Waals surface area contributed by atoms with Crippen molar-refractivity contribution in [1.29, 1.82) is 0 Å². The highest BCUT2D eigenvalue weighted by molar-refractivity contribution is 7.85. The van der Waals surface area contributed by atoms with E-state index in [0.29, 0.717) is 5.56 Å². The van der Waals surface area contributed by atoms with E-state index >= 15 is 0 Å². The van der Waals surface area contributed by atoms with E-state index in [1.54, 1.807) is 30.3 Å². The van der Waals surface area contributed by atoms with E-state index in [1.165, 1.54) is 0 Å². The van der Waals surface area contributed by atoms with Crippen molar-refractivity contribution in [3.05, 3.63) is 35.9 Å². The van der Waals surface area contributed by atoms with Crippen LogP contribution in [-0.4, -0.2) is 32.1 Å². The topological polar surface area (TPSA) is 107 Å². The Hall–Kier alpha value is -1.44. The predicted octanol–water partition coefficient (Wildman–Crippen LogP) is -0.0551. The highest BCUT2D eigenvalue weighted by Crippen LogP contribution is 2.07. The van der Waals surface area contributed by atoms with Crippen LogP contribution in [0.1, 0.15) is 5.56 Å². The minimum Gasteiger partial charge on any atom is -0.480 e. The molecule has 0 radical (unpaired) electrons. The summed E-state index contributed by atoms with van der Waals surface area (Å²) >= 11 is 0. The number of carboxylic acids is 1. The normalized spacial score (nSPS) is 13.2. The third kappa shape index (κ3) is 4.94. The van der Waals surface area contributed by atoms with Crippen molar-refractivity contribution in [3.8, 4) is 0 Å². The molecular weight excluding hydrogens is 246 g/mol. The maximum atomic E-state index is 11.5. The number of aliphatic carboxylic acids is 1. The molecule has 0 bridgehead atoms. The summed E-state index contributed by atoms with van der Waals surface area (Å²) in [5.74, 6) is -1.61. The molecule has 6 nitrogen and oxygen atoms in total. The Morgan fingerprint density at radius 2 is 1.94 bits per heavy atom. The number of rotatable bonds is 6. The SMILES string of the molecule is N[C@@H](COS(=O)(=O)Cc1ccccc1)C(=O)O. The van der Waals surface area contributed by atoms with E-state index in [4.69, 9.17) is 10.8 Å². The van der Waals surface area contributed by atoms with Gasteiger partial charge in [0, 0.05) is 0 Å². The molecule has 0 saturated carbocycles. The second-order valence-electron chi connectivity index (χ2n) is 3.42. The highest BCUT2D eigenvalue weighted by atomic mass is 32.2. The summed E-state index contributed by atoms with van der Waals surface area (Å²) in [4.78, 5) is 10.4. The summed E-state index contributed by atoms with van der Waals surface area (Å²) in [6, 6.07) is 7.09. The first kappa shape index (κ1) is 13.6. The third-order valence-corrected chi connectivity index (χ3v) is 3.11. The van der Waals surface area contributed by atoms with Crippen molar-refractivity contribution in [1.82, 2.24) is 0 Å². The molecule has 94 valence electrons. The maximum absolute atomic E-state index is 11.5. The van der Waals surface area contributed by atoms with Crippen molar-refractivity contribution >= 4 is 16.1 Å². The molecule has 1 atom stereocenters. The van der Waals surface area contributed by atoms with Crippen molar-refractivity contribution < 1.29 is 22.5 Å². The summed E-state index contributed by atoms with van der Waals surface area (Å²) in [5, 5.41) is 8.47. The van der Waals surface area contributed by atoms with Gasteiger partial charge < -0.3 is 10.8 Å². The van der Waals surface area contributed by atoms with Crippen LogP contribution in [0.4, 0.5) is 0 Å². The quantitative estimate of drug-likeness (QED) is 0.693. The smallest absolute Gasteiger partial charge is 0.322 e. The van der Waals surface area contributed by atoms with Crippen LogP contribution >= 0.6 is 0 Å². The van der Waals surface area contributed by atoms with Gasteiger partial charge >= 0.3 is 5.97 Å². The highest BCUT2D eigenvalue weighted by Gasteiger charge is 2.18. The summed E-state index contributed by atoms with van der Waals surface area (Å²) in [6.45, 7) is -0.565. The van der Waals surface area contributed by atoms with E-state index in [2.05, 4.69) is 4.18 Å². The molecule has 0 heterocycles. The summed E-state index contributed by atoms with van der Waals surface area (Å²) < 4.78 is 27.4. The van der Waals surface area contributed by atoms with Gasteiger partial charge in [-0.3, -0.25) is 8.98 Å². The van der Waals surface area contributed by atoms with E-state index in [1.807, 2.05) is 0 Å². The second kappa shape index (κ2) is 5.76. The molecule has 0 aliphatic rings. The molecule has 0 aliphatic carbocycles. The van der Waals surface area contributed by atoms with Gasteiger partial charge in [0.1, 0.15) is 11.8 Å². The van der Waals surface area contributed by atoms with Gasteiger partial charge in [-0.1, -0.05) is 30.3 Å². The van der Waals surface area contributed by atoms with E-state index in [0.717, 1.165) is 0 Å². The number of carboxylic acid groups (broad SMARTS) is 1. The second-order valence-corrected chi connectivity index (χ2v) is 5.06. The van der Waals surface area contributed by atoms with Crippen molar-refractivity contribution in [2.24, 2.45) is 5.73 Å². The van der Waals surface area contributed by atoms with Gasteiger partial charge in [-0.05, 0) is 5.56 Å².